The lowest BCUT2D eigenvalue weighted by Crippen LogP contribution is -2.32. The van der Waals surface area contributed by atoms with Gasteiger partial charge in [-0.2, -0.15) is 13.2 Å². The van der Waals surface area contributed by atoms with Gasteiger partial charge in [0.25, 0.3) is 0 Å². The number of ketones is 1. The Hall–Kier alpha value is -2.21. The van der Waals surface area contributed by atoms with Crippen molar-refractivity contribution in [2.24, 2.45) is 11.8 Å². The molecule has 1 aromatic rings. The highest BCUT2D eigenvalue weighted by molar-refractivity contribution is 5.84. The van der Waals surface area contributed by atoms with Gasteiger partial charge in [-0.05, 0) is 37.5 Å². The lowest BCUT2D eigenvalue weighted by molar-refractivity contribution is -0.138. The molecule has 1 saturated carbocycles. The molecule has 34 heavy (non-hydrogen) atoms. The highest BCUT2D eigenvalue weighted by atomic mass is 19.4. The summed E-state index contributed by atoms with van der Waals surface area (Å²) in [4.78, 5) is 23.1. The van der Waals surface area contributed by atoms with E-state index in [9.17, 15) is 33.0 Å². The number of hydrogen-bond acceptors (Lipinski definition) is 7. The number of aliphatic hydroxyl groups is 2. The highest BCUT2D eigenvalue weighted by Gasteiger charge is 2.59. The molecule has 0 bridgehead atoms. The number of carbonyl (C=O) groups is 2. The molecule has 1 aliphatic carbocycles. The van der Waals surface area contributed by atoms with E-state index < -0.39 is 54.0 Å². The zero-order valence-electron chi connectivity index (χ0n) is 18.2. The number of hydrogen-bond donors (Lipinski definition) is 3. The van der Waals surface area contributed by atoms with Crippen LogP contribution in [-0.2, 0) is 25.2 Å². The zero-order valence-corrected chi connectivity index (χ0v) is 18.2. The molecule has 1 aromatic carbocycles. The Labute approximate surface area is 193 Å². The summed E-state index contributed by atoms with van der Waals surface area (Å²) in [5, 5.41) is 29.6. The average Bonchev–Trinajstić information content (AvgIpc) is 3.67. The van der Waals surface area contributed by atoms with E-state index in [0.717, 1.165) is 12.1 Å². The number of epoxide rings is 2. The second-order valence-corrected chi connectivity index (χ2v) is 9.13. The van der Waals surface area contributed by atoms with Crippen LogP contribution in [0.5, 0.6) is 5.75 Å². The highest BCUT2D eigenvalue weighted by Crippen LogP contribution is 2.47. The summed E-state index contributed by atoms with van der Waals surface area (Å²) >= 11 is 0. The number of carboxylic acids is 1. The van der Waals surface area contributed by atoms with Gasteiger partial charge in [0.1, 0.15) is 30.3 Å². The van der Waals surface area contributed by atoms with Crippen molar-refractivity contribution in [1.82, 2.24) is 0 Å². The van der Waals surface area contributed by atoms with Crippen LogP contribution in [-0.4, -0.2) is 70.3 Å². The van der Waals surface area contributed by atoms with Crippen molar-refractivity contribution >= 4 is 11.8 Å². The summed E-state index contributed by atoms with van der Waals surface area (Å²) in [6.45, 7) is -0.304. The molecule has 8 nitrogen and oxygen atoms in total. The molecule has 2 heterocycles. The van der Waals surface area contributed by atoms with E-state index in [1.807, 2.05) is 0 Å². The first-order valence-electron chi connectivity index (χ1n) is 11.3. The predicted octanol–water partition coefficient (Wildman–Crippen LogP) is 2.19. The van der Waals surface area contributed by atoms with E-state index in [2.05, 4.69) is 0 Å². The monoisotopic (exact) mass is 488 g/mol. The van der Waals surface area contributed by atoms with Crippen molar-refractivity contribution in [3.63, 3.8) is 0 Å². The molecule has 3 N–H and O–H groups in total. The van der Waals surface area contributed by atoms with Crippen molar-refractivity contribution in [2.75, 3.05) is 6.61 Å². The number of aliphatic carboxylic acids is 1. The van der Waals surface area contributed by atoms with Gasteiger partial charge in [-0.25, -0.2) is 0 Å². The lowest BCUT2D eigenvalue weighted by Gasteiger charge is -2.19. The van der Waals surface area contributed by atoms with Crippen LogP contribution < -0.4 is 4.74 Å². The van der Waals surface area contributed by atoms with Crippen LogP contribution in [0, 0.1) is 11.8 Å². The lowest BCUT2D eigenvalue weighted by atomic mass is 9.85. The van der Waals surface area contributed by atoms with Crippen LogP contribution in [0.4, 0.5) is 13.2 Å². The summed E-state index contributed by atoms with van der Waals surface area (Å²) in [5.74, 6) is -2.05. The first kappa shape index (κ1) is 24.9. The molecule has 4 rings (SSSR count). The molecule has 3 fully saturated rings. The van der Waals surface area contributed by atoms with Crippen molar-refractivity contribution in [2.45, 2.75) is 74.9 Å². The standard InChI is InChI=1S/C23H27F3O8/c24-23(25,26)11-3-1-4-12(7-11)32-10-16(29)21-22(34-21)20-13(14(27)9-15(20)28)8-18-17(33-18)5-2-6-19(30)31/h1,3-4,7,13,15-18,20-22,28-29H,2,5-6,8-10H2,(H,30,31)/t13-,15+,16?,17?,18?,20+,21?,22+/m0/s1. The predicted molar refractivity (Wildman–Crippen MR) is 109 cm³/mol. The summed E-state index contributed by atoms with van der Waals surface area (Å²) in [7, 11) is 0. The summed E-state index contributed by atoms with van der Waals surface area (Å²) in [6, 6.07) is 4.32. The zero-order chi connectivity index (χ0) is 24.6. The van der Waals surface area contributed by atoms with Crippen molar-refractivity contribution in [3.05, 3.63) is 29.8 Å². The summed E-state index contributed by atoms with van der Waals surface area (Å²) in [5.41, 5.74) is -0.862. The Kier molecular flexibility index (Phi) is 7.18. The van der Waals surface area contributed by atoms with Gasteiger partial charge in [0.05, 0.1) is 30.0 Å². The first-order valence-corrected chi connectivity index (χ1v) is 11.3. The number of Topliss-reactive ketones (excluding diaryl/α,β-unsaturated/α-hetero) is 1. The minimum absolute atomic E-state index is 0.0187. The van der Waals surface area contributed by atoms with E-state index in [1.165, 1.54) is 12.1 Å². The fourth-order valence-corrected chi connectivity index (χ4v) is 4.85. The third-order valence-corrected chi connectivity index (χ3v) is 6.69. The Morgan fingerprint density at radius 2 is 2.00 bits per heavy atom. The van der Waals surface area contributed by atoms with E-state index >= 15 is 0 Å². The number of rotatable bonds is 11. The molecular formula is C23H27F3O8. The number of alkyl halides is 3. The van der Waals surface area contributed by atoms with Crippen LogP contribution in [0.15, 0.2) is 24.3 Å². The van der Waals surface area contributed by atoms with Gasteiger partial charge in [-0.1, -0.05) is 6.07 Å². The van der Waals surface area contributed by atoms with Gasteiger partial charge in [0, 0.05) is 24.7 Å². The molecule has 188 valence electrons. The maximum atomic E-state index is 12.8. The third kappa shape index (κ3) is 5.88. The Bertz CT molecular complexity index is 906. The van der Waals surface area contributed by atoms with Crippen LogP contribution in [0.25, 0.3) is 0 Å². The van der Waals surface area contributed by atoms with Crippen molar-refractivity contribution < 1.29 is 52.3 Å². The second kappa shape index (κ2) is 9.80. The fourth-order valence-electron chi connectivity index (χ4n) is 4.85. The molecule has 11 heteroatoms. The van der Waals surface area contributed by atoms with Gasteiger partial charge in [-0.3, -0.25) is 9.59 Å². The number of aliphatic hydroxyl groups excluding tert-OH is 2. The SMILES string of the molecule is O=C(O)CCCC1OC1C[C@H]1C(=O)C[C@@H](O)[C@@H]1[C@H]1OC1C(O)COc1cccc(C(F)(F)F)c1. The number of benzene rings is 1. The van der Waals surface area contributed by atoms with E-state index in [4.69, 9.17) is 19.3 Å². The maximum Gasteiger partial charge on any atom is 0.416 e. The van der Waals surface area contributed by atoms with Gasteiger partial charge in [0.2, 0.25) is 0 Å². The molecule has 0 radical (unpaired) electrons. The smallest absolute Gasteiger partial charge is 0.416 e. The quantitative estimate of drug-likeness (QED) is 0.405. The Morgan fingerprint density at radius 3 is 2.71 bits per heavy atom. The molecule has 0 amide bonds. The molecule has 2 saturated heterocycles. The largest absolute Gasteiger partial charge is 0.491 e. The normalized spacial score (nSPS) is 33.6. The van der Waals surface area contributed by atoms with Crippen LogP contribution in [0.2, 0.25) is 0 Å². The van der Waals surface area contributed by atoms with Gasteiger partial charge in [-0.15, -0.1) is 0 Å². The van der Waals surface area contributed by atoms with Crippen LogP contribution in [0.3, 0.4) is 0 Å². The van der Waals surface area contributed by atoms with Crippen molar-refractivity contribution in [3.8, 4) is 5.75 Å². The Balaban J connectivity index is 1.28. The maximum absolute atomic E-state index is 12.8. The molecular weight excluding hydrogens is 461 g/mol. The fraction of sp³-hybridized carbons (Fsp3) is 0.652. The second-order valence-electron chi connectivity index (χ2n) is 9.13. The molecule has 0 aromatic heterocycles. The topological polar surface area (TPSA) is 129 Å². The van der Waals surface area contributed by atoms with Crippen LogP contribution >= 0.6 is 0 Å². The molecule has 4 unspecified atom stereocenters. The molecule has 0 spiro atoms. The molecule has 2 aliphatic heterocycles. The van der Waals surface area contributed by atoms with E-state index in [0.29, 0.717) is 19.3 Å². The minimum Gasteiger partial charge on any atom is -0.491 e. The molecule has 8 atom stereocenters. The van der Waals surface area contributed by atoms with Gasteiger partial charge < -0.3 is 29.5 Å². The Morgan fingerprint density at radius 1 is 1.24 bits per heavy atom. The van der Waals surface area contributed by atoms with Crippen LogP contribution in [0.1, 0.15) is 37.7 Å². The summed E-state index contributed by atoms with van der Waals surface area (Å²) < 4.78 is 55.0. The minimum atomic E-state index is -4.51. The summed E-state index contributed by atoms with van der Waals surface area (Å²) in [6.07, 6.45) is -6.66. The third-order valence-electron chi connectivity index (χ3n) is 6.69. The number of ether oxygens (including phenoxy) is 3. The van der Waals surface area contributed by atoms with Gasteiger partial charge in [0.15, 0.2) is 0 Å². The number of halogens is 3. The average molecular weight is 488 g/mol. The van der Waals surface area contributed by atoms with Gasteiger partial charge >= 0.3 is 12.1 Å². The number of carboxylic acid groups (broad SMARTS) is 1. The van der Waals surface area contributed by atoms with E-state index in [-0.39, 0.29) is 43.2 Å². The van der Waals surface area contributed by atoms with Crippen molar-refractivity contribution in [1.29, 1.82) is 0 Å². The first-order chi connectivity index (χ1) is 16.0. The van der Waals surface area contributed by atoms with E-state index in [1.54, 1.807) is 0 Å². The molecule has 3 aliphatic rings. The number of carbonyl (C=O) groups excluding carboxylic acids is 1.